The Kier molecular flexibility index (Phi) is 5.51. The van der Waals surface area contributed by atoms with Gasteiger partial charge in [0.15, 0.2) is 0 Å². The van der Waals surface area contributed by atoms with E-state index in [2.05, 4.69) is 21.6 Å². The Labute approximate surface area is 210 Å². The first-order chi connectivity index (χ1) is 17.4. The lowest BCUT2D eigenvalue weighted by Gasteiger charge is -2.33. The number of hydrogen-bond acceptors (Lipinski definition) is 5. The Morgan fingerprint density at radius 2 is 1.95 bits per heavy atom. The highest BCUT2D eigenvalue weighted by Gasteiger charge is 2.35. The molecule has 0 spiro atoms. The zero-order valence-electron chi connectivity index (χ0n) is 20.6. The number of nitriles is 1. The predicted molar refractivity (Wildman–Crippen MR) is 130 cm³/mol. The van der Waals surface area contributed by atoms with E-state index in [9.17, 15) is 23.2 Å². The van der Waals surface area contributed by atoms with E-state index in [1.54, 1.807) is 29.9 Å². The number of aryl methyl sites for hydroxylation is 1. The summed E-state index contributed by atoms with van der Waals surface area (Å²) in [7, 11) is 3.25. The molecule has 1 amide bonds. The van der Waals surface area contributed by atoms with E-state index in [1.165, 1.54) is 19.5 Å². The van der Waals surface area contributed by atoms with E-state index in [-0.39, 0.29) is 11.3 Å². The van der Waals surface area contributed by atoms with Gasteiger partial charge in [-0.25, -0.2) is 0 Å². The maximum absolute atomic E-state index is 12.8. The number of ether oxygens (including phenoxy) is 1. The highest BCUT2D eigenvalue weighted by molar-refractivity contribution is 6.03. The van der Waals surface area contributed by atoms with Crippen LogP contribution in [0.15, 0.2) is 36.7 Å². The molecule has 5 rings (SSSR count). The molecule has 4 aromatic rings. The number of methoxy groups -OCH3 is 1. The second-order valence-electron chi connectivity index (χ2n) is 9.71. The van der Waals surface area contributed by atoms with Gasteiger partial charge >= 0.3 is 6.18 Å². The molecule has 11 heteroatoms. The van der Waals surface area contributed by atoms with Gasteiger partial charge in [-0.3, -0.25) is 14.2 Å². The first-order valence-electron chi connectivity index (χ1n) is 11.4. The van der Waals surface area contributed by atoms with Crippen LogP contribution in [0.3, 0.4) is 0 Å². The van der Waals surface area contributed by atoms with Crippen molar-refractivity contribution in [3.05, 3.63) is 53.3 Å². The first kappa shape index (κ1) is 24.4. The predicted octanol–water partition coefficient (Wildman–Crippen LogP) is 4.57. The van der Waals surface area contributed by atoms with Crippen molar-refractivity contribution in [1.29, 1.82) is 5.26 Å². The third-order valence-corrected chi connectivity index (χ3v) is 6.61. The topological polar surface area (TPSA) is 97.8 Å². The number of carbonyl (C=O) groups excluding carboxylic acids is 1. The summed E-state index contributed by atoms with van der Waals surface area (Å²) in [5.41, 5.74) is 4.12. The van der Waals surface area contributed by atoms with Gasteiger partial charge in [-0.15, -0.1) is 0 Å². The van der Waals surface area contributed by atoms with Crippen molar-refractivity contribution in [2.24, 2.45) is 7.05 Å². The monoisotopic (exact) mass is 508 g/mol. The minimum absolute atomic E-state index is 0.207. The van der Waals surface area contributed by atoms with Crippen LogP contribution in [-0.2, 0) is 19.0 Å². The summed E-state index contributed by atoms with van der Waals surface area (Å²) in [5, 5.41) is 21.9. The van der Waals surface area contributed by atoms with E-state index in [1.807, 2.05) is 19.9 Å². The summed E-state index contributed by atoms with van der Waals surface area (Å²) in [4.78, 5) is 12.7. The van der Waals surface area contributed by atoms with E-state index < -0.39 is 12.7 Å². The maximum atomic E-state index is 12.8. The molecule has 8 nitrogen and oxygen atoms in total. The summed E-state index contributed by atoms with van der Waals surface area (Å²) in [5.74, 6) is 0.209. The van der Waals surface area contributed by atoms with Crippen LogP contribution >= 0.6 is 0 Å². The summed E-state index contributed by atoms with van der Waals surface area (Å²) in [6, 6.07) is 9.24. The summed E-state index contributed by atoms with van der Waals surface area (Å²) >= 11 is 0. The number of alkyl halides is 3. The molecule has 0 radical (unpaired) electrons. The highest BCUT2D eigenvalue weighted by atomic mass is 19.4. The fraction of sp³-hybridized carbons (Fsp3) is 0.308. The molecule has 1 aliphatic heterocycles. The Balaban J connectivity index is 1.69. The highest BCUT2D eigenvalue weighted by Crippen LogP contribution is 2.41. The van der Waals surface area contributed by atoms with Crippen molar-refractivity contribution in [3.63, 3.8) is 0 Å². The number of benzene rings is 2. The SMILES string of the molecule is COc1cc(-c2c3c(C#N)cc(-c4cnn(CC(F)(F)F)c4)cc3nn2C)cc2c1C(=O)NCC2(C)C. The van der Waals surface area contributed by atoms with Crippen molar-refractivity contribution < 1.29 is 22.7 Å². The van der Waals surface area contributed by atoms with Gasteiger partial charge in [-0.1, -0.05) is 13.8 Å². The molecule has 0 unspecified atom stereocenters. The van der Waals surface area contributed by atoms with Gasteiger partial charge in [-0.05, 0) is 35.4 Å². The van der Waals surface area contributed by atoms with Gasteiger partial charge in [-0.2, -0.15) is 28.6 Å². The van der Waals surface area contributed by atoms with E-state index >= 15 is 0 Å². The Bertz CT molecular complexity index is 1610. The van der Waals surface area contributed by atoms with Crippen LogP contribution < -0.4 is 10.1 Å². The lowest BCUT2D eigenvalue weighted by atomic mass is 9.77. The van der Waals surface area contributed by atoms with Gasteiger partial charge in [0.05, 0.1) is 41.7 Å². The average molecular weight is 509 g/mol. The number of rotatable bonds is 4. The summed E-state index contributed by atoms with van der Waals surface area (Å²) < 4.78 is 46.4. The van der Waals surface area contributed by atoms with Crippen LogP contribution in [0.2, 0.25) is 0 Å². The van der Waals surface area contributed by atoms with Crippen molar-refractivity contribution >= 4 is 16.8 Å². The van der Waals surface area contributed by atoms with Crippen LogP contribution in [-0.4, -0.2) is 45.3 Å². The second kappa shape index (κ2) is 8.37. The van der Waals surface area contributed by atoms with Crippen molar-refractivity contribution in [2.45, 2.75) is 32.0 Å². The van der Waals surface area contributed by atoms with Crippen LogP contribution in [0.4, 0.5) is 13.2 Å². The molecule has 1 aliphatic rings. The van der Waals surface area contributed by atoms with E-state index in [0.29, 0.717) is 51.1 Å². The molecular weight excluding hydrogens is 485 g/mol. The fourth-order valence-electron chi connectivity index (χ4n) is 4.86. The molecule has 0 saturated carbocycles. The molecule has 3 heterocycles. The van der Waals surface area contributed by atoms with Crippen molar-refractivity contribution in [1.82, 2.24) is 24.9 Å². The molecule has 0 fully saturated rings. The molecule has 190 valence electrons. The second-order valence-corrected chi connectivity index (χ2v) is 9.71. The minimum Gasteiger partial charge on any atom is -0.496 e. The normalized spacial score (nSPS) is 14.8. The van der Waals surface area contributed by atoms with Gasteiger partial charge in [0, 0.05) is 41.7 Å². The zero-order valence-corrected chi connectivity index (χ0v) is 20.6. The maximum Gasteiger partial charge on any atom is 0.408 e. The van der Waals surface area contributed by atoms with Crippen LogP contribution in [0.1, 0.15) is 35.3 Å². The third kappa shape index (κ3) is 4.18. The Morgan fingerprint density at radius 1 is 1.19 bits per heavy atom. The number of nitrogens with zero attached hydrogens (tertiary/aromatic N) is 5. The molecule has 0 aliphatic carbocycles. The molecule has 0 bridgehead atoms. The van der Waals surface area contributed by atoms with Crippen molar-refractivity contribution in [3.8, 4) is 34.2 Å². The molecule has 1 N–H and O–H groups in total. The molecule has 0 atom stereocenters. The Morgan fingerprint density at radius 3 is 2.62 bits per heavy atom. The van der Waals surface area contributed by atoms with Crippen LogP contribution in [0.25, 0.3) is 33.3 Å². The average Bonchev–Trinajstić information content (AvgIpc) is 3.42. The van der Waals surface area contributed by atoms with Gasteiger partial charge in [0.2, 0.25) is 0 Å². The number of hydrogen-bond donors (Lipinski definition) is 1. The van der Waals surface area contributed by atoms with Gasteiger partial charge in [0.1, 0.15) is 12.3 Å². The molecular formula is C26H23F3N6O2. The number of halogens is 3. The number of fused-ring (bicyclic) bond motifs is 2. The van der Waals surface area contributed by atoms with Crippen LogP contribution in [0, 0.1) is 11.3 Å². The standard InChI is InChI=1S/C26H23F3N6O2/c1-25(2)12-31-24(36)22-18(25)6-15(8-20(22)37-4)23-21-16(9-30)5-14(7-19(21)33-34(23)3)17-10-32-35(11-17)13-26(27,28)29/h5-8,10-11H,12-13H2,1-4H3,(H,31,36). The molecule has 37 heavy (non-hydrogen) atoms. The van der Waals surface area contributed by atoms with E-state index in [0.717, 1.165) is 15.8 Å². The minimum atomic E-state index is -4.40. The molecule has 2 aromatic carbocycles. The lowest BCUT2D eigenvalue weighted by molar-refractivity contribution is -0.142. The van der Waals surface area contributed by atoms with Crippen LogP contribution in [0.5, 0.6) is 5.75 Å². The molecule has 0 saturated heterocycles. The third-order valence-electron chi connectivity index (χ3n) is 6.61. The summed E-state index contributed by atoms with van der Waals surface area (Å²) in [6.45, 7) is 3.32. The number of amides is 1. The quantitative estimate of drug-likeness (QED) is 0.436. The fourth-order valence-corrected chi connectivity index (χ4v) is 4.86. The molecule has 2 aromatic heterocycles. The first-order valence-corrected chi connectivity index (χ1v) is 11.4. The number of carbonyl (C=O) groups is 1. The zero-order chi connectivity index (χ0) is 26.7. The summed E-state index contributed by atoms with van der Waals surface area (Å²) in [6.07, 6.45) is -1.77. The lowest BCUT2D eigenvalue weighted by Crippen LogP contribution is -2.43. The largest absolute Gasteiger partial charge is 0.496 e. The van der Waals surface area contributed by atoms with Gasteiger partial charge in [0.25, 0.3) is 5.91 Å². The number of nitrogens with one attached hydrogen (secondary N) is 1. The van der Waals surface area contributed by atoms with E-state index in [4.69, 9.17) is 4.74 Å². The van der Waals surface area contributed by atoms with Gasteiger partial charge < -0.3 is 10.1 Å². The number of aromatic nitrogens is 4. The van der Waals surface area contributed by atoms with Crippen molar-refractivity contribution in [2.75, 3.05) is 13.7 Å². The Hall–Kier alpha value is -4.33. The smallest absolute Gasteiger partial charge is 0.408 e.